The number of carbonyl (C=O) groups excluding carboxylic acids is 2. The lowest BCUT2D eigenvalue weighted by atomic mass is 9.84. The number of nitrogens with two attached hydrogens (primary N) is 1. The maximum absolute atomic E-state index is 12.8. The summed E-state index contributed by atoms with van der Waals surface area (Å²) >= 11 is 0. The molecule has 0 radical (unpaired) electrons. The van der Waals surface area contributed by atoms with Crippen molar-refractivity contribution in [1.29, 1.82) is 0 Å². The Morgan fingerprint density at radius 3 is 2.51 bits per heavy atom. The molecule has 2 amide bonds. The largest absolute Gasteiger partial charge is 0.422 e. The van der Waals surface area contributed by atoms with Crippen molar-refractivity contribution in [1.82, 2.24) is 19.8 Å². The van der Waals surface area contributed by atoms with Crippen LogP contribution in [0.25, 0.3) is 0 Å². The summed E-state index contributed by atoms with van der Waals surface area (Å²) in [7, 11) is 0. The molecule has 1 aliphatic carbocycles. The molecule has 2 fully saturated rings. The fourth-order valence-corrected chi connectivity index (χ4v) is 5.56. The predicted molar refractivity (Wildman–Crippen MR) is 141 cm³/mol. The van der Waals surface area contributed by atoms with Gasteiger partial charge in [-0.25, -0.2) is 14.8 Å². The van der Waals surface area contributed by atoms with Gasteiger partial charge < -0.3 is 9.64 Å². The molecule has 1 saturated heterocycles. The van der Waals surface area contributed by atoms with Crippen molar-refractivity contribution >= 4 is 17.8 Å². The lowest BCUT2D eigenvalue weighted by molar-refractivity contribution is -0.128. The number of nitrogens with zero attached hydrogens (tertiary/aromatic N) is 5. The molecule has 3 atom stereocenters. The summed E-state index contributed by atoms with van der Waals surface area (Å²) in [5, 5.41) is 0. The molecule has 1 aromatic heterocycles. The van der Waals surface area contributed by atoms with E-state index in [2.05, 4.69) is 45.7 Å². The molecule has 0 bridgehead atoms. The first-order valence-corrected chi connectivity index (χ1v) is 13.2. The molecule has 0 spiro atoms. The van der Waals surface area contributed by atoms with Gasteiger partial charge in [-0.15, -0.1) is 0 Å². The third kappa shape index (κ3) is 4.85. The minimum atomic E-state index is -1.37. The molecule has 9 heteroatoms. The molecule has 2 unspecified atom stereocenters. The highest BCUT2D eigenvalue weighted by molar-refractivity contribution is 5.90. The Kier molecular flexibility index (Phi) is 7.00. The van der Waals surface area contributed by atoms with E-state index in [1.807, 2.05) is 18.7 Å². The molecule has 9 nitrogen and oxygen atoms in total. The van der Waals surface area contributed by atoms with Gasteiger partial charge in [0.25, 0.3) is 0 Å². The van der Waals surface area contributed by atoms with Crippen LogP contribution in [0.15, 0.2) is 49.4 Å². The van der Waals surface area contributed by atoms with Crippen LogP contribution in [0.3, 0.4) is 0 Å². The van der Waals surface area contributed by atoms with Gasteiger partial charge in [0.15, 0.2) is 0 Å². The van der Waals surface area contributed by atoms with Gasteiger partial charge >= 0.3 is 6.09 Å². The summed E-state index contributed by atoms with van der Waals surface area (Å²) in [5.41, 5.74) is 8.26. The number of anilines is 1. The molecule has 2 aliphatic heterocycles. The van der Waals surface area contributed by atoms with Gasteiger partial charge in [-0.05, 0) is 36.5 Å². The van der Waals surface area contributed by atoms with E-state index in [1.54, 1.807) is 6.20 Å². The zero-order valence-electron chi connectivity index (χ0n) is 21.7. The van der Waals surface area contributed by atoms with E-state index in [9.17, 15) is 9.59 Å². The van der Waals surface area contributed by atoms with Gasteiger partial charge in [0, 0.05) is 50.9 Å². The van der Waals surface area contributed by atoms with E-state index in [1.165, 1.54) is 35.7 Å². The van der Waals surface area contributed by atoms with Crippen LogP contribution in [-0.2, 0) is 15.3 Å². The summed E-state index contributed by atoms with van der Waals surface area (Å²) in [6.07, 6.45) is 7.67. The maximum atomic E-state index is 12.8. The fourth-order valence-electron chi connectivity index (χ4n) is 5.56. The number of fused-ring (bicyclic) bond motifs is 1. The van der Waals surface area contributed by atoms with E-state index in [-0.39, 0.29) is 11.8 Å². The van der Waals surface area contributed by atoms with Crippen molar-refractivity contribution in [2.24, 2.45) is 11.7 Å². The zero-order valence-corrected chi connectivity index (χ0v) is 21.7. The first kappa shape index (κ1) is 25.4. The average Bonchev–Trinajstić information content (AvgIpc) is 3.76. The number of carbonyl (C=O) groups is 2. The van der Waals surface area contributed by atoms with Crippen LogP contribution in [0.4, 0.5) is 10.6 Å². The minimum absolute atomic E-state index is 0.00453. The number of benzene rings is 1. The summed E-state index contributed by atoms with van der Waals surface area (Å²) in [6, 6.07) is 8.85. The summed E-state index contributed by atoms with van der Waals surface area (Å²) in [5.74, 6) is 0.955. The molecule has 2 N–H and O–H groups in total. The average molecular weight is 505 g/mol. The van der Waals surface area contributed by atoms with Gasteiger partial charge in [0.05, 0.1) is 5.56 Å². The molecule has 3 heterocycles. The summed E-state index contributed by atoms with van der Waals surface area (Å²) in [6.45, 7) is 11.0. The number of cyclic esters (lactones) is 1. The Morgan fingerprint density at radius 1 is 1.22 bits per heavy atom. The Hall–Kier alpha value is -3.30. The topological polar surface area (TPSA) is 105 Å². The first-order valence-electron chi connectivity index (χ1n) is 13.2. The molecule has 1 aromatic carbocycles. The Balaban J connectivity index is 1.37. The second-order valence-electron chi connectivity index (χ2n) is 10.3. The monoisotopic (exact) mass is 504 g/mol. The van der Waals surface area contributed by atoms with Gasteiger partial charge in [0.2, 0.25) is 11.6 Å². The molecule has 3 aliphatic rings. The maximum Gasteiger partial charge on any atom is 0.417 e. The molecular formula is C28H36N6O3. The van der Waals surface area contributed by atoms with Crippen molar-refractivity contribution < 1.29 is 14.3 Å². The van der Waals surface area contributed by atoms with E-state index in [4.69, 9.17) is 10.5 Å². The van der Waals surface area contributed by atoms with Gasteiger partial charge in [-0.2, -0.15) is 0 Å². The smallest absolute Gasteiger partial charge is 0.417 e. The zero-order chi connectivity index (χ0) is 26.2. The van der Waals surface area contributed by atoms with Crippen LogP contribution in [0.5, 0.6) is 0 Å². The molecule has 196 valence electrons. The number of rotatable bonds is 8. The van der Waals surface area contributed by atoms with Crippen LogP contribution >= 0.6 is 0 Å². The van der Waals surface area contributed by atoms with E-state index >= 15 is 0 Å². The number of piperazine rings is 1. The Morgan fingerprint density at radius 2 is 1.89 bits per heavy atom. The second-order valence-corrected chi connectivity index (χ2v) is 10.3. The minimum Gasteiger partial charge on any atom is -0.422 e. The Bertz CT molecular complexity index is 1160. The number of hydrogen-bond donors (Lipinski definition) is 1. The van der Waals surface area contributed by atoms with E-state index in [0.717, 1.165) is 44.1 Å². The molecular weight excluding hydrogens is 468 g/mol. The number of aromatic nitrogens is 2. The molecule has 1 saturated carbocycles. The number of amides is 2. The molecule has 5 rings (SSSR count). The number of hydrogen-bond acceptors (Lipinski definition) is 7. The summed E-state index contributed by atoms with van der Waals surface area (Å²) in [4.78, 5) is 39.2. The summed E-state index contributed by atoms with van der Waals surface area (Å²) < 4.78 is 5.83. The van der Waals surface area contributed by atoms with Crippen molar-refractivity contribution in [3.63, 3.8) is 0 Å². The fraction of sp³-hybridized carbons (Fsp3) is 0.500. The van der Waals surface area contributed by atoms with Crippen molar-refractivity contribution in [2.45, 2.75) is 50.8 Å². The van der Waals surface area contributed by atoms with Gasteiger partial charge in [-0.1, -0.05) is 50.6 Å². The first-order chi connectivity index (χ1) is 17.9. The van der Waals surface area contributed by atoms with Crippen LogP contribution in [0.1, 0.15) is 61.8 Å². The SMILES string of the molecule is C=CC(=O)N1CCN([C@@H](CC2CC2)c2ccc(C(C)C3(N)OC(=O)N(CC)c4ncncc43)cc2)CC1. The Labute approximate surface area is 218 Å². The van der Waals surface area contributed by atoms with Crippen molar-refractivity contribution in [2.75, 3.05) is 37.6 Å². The second kappa shape index (κ2) is 10.2. The van der Waals surface area contributed by atoms with Crippen LogP contribution in [0, 0.1) is 5.92 Å². The molecule has 2 aromatic rings. The lowest BCUT2D eigenvalue weighted by Crippen LogP contribution is -2.54. The molecule has 37 heavy (non-hydrogen) atoms. The highest BCUT2D eigenvalue weighted by Crippen LogP contribution is 2.44. The van der Waals surface area contributed by atoms with Crippen LogP contribution in [-0.4, -0.2) is 64.5 Å². The predicted octanol–water partition coefficient (Wildman–Crippen LogP) is 3.54. The normalized spacial score (nSPS) is 23.7. The van der Waals surface area contributed by atoms with Gasteiger partial charge in [0.1, 0.15) is 12.1 Å². The van der Waals surface area contributed by atoms with Crippen molar-refractivity contribution in [3.8, 4) is 0 Å². The third-order valence-corrected chi connectivity index (χ3v) is 8.12. The van der Waals surface area contributed by atoms with E-state index in [0.29, 0.717) is 24.0 Å². The standard InChI is InChI=1S/C28H36N6O3/c1-4-25(35)33-14-12-32(13-15-33)24(16-20-6-7-20)22-10-8-21(9-11-22)19(3)28(29)23-17-30-18-31-26(23)34(5-2)27(36)37-28/h4,8-11,17-20,24H,1,5-7,12-16,29H2,2-3H3/t19?,24-,28?/m0/s1. The van der Waals surface area contributed by atoms with E-state index < -0.39 is 11.8 Å². The third-order valence-electron chi connectivity index (χ3n) is 8.12. The van der Waals surface area contributed by atoms with Crippen LogP contribution < -0.4 is 10.6 Å². The number of ether oxygens (including phenoxy) is 1. The van der Waals surface area contributed by atoms with Crippen molar-refractivity contribution in [3.05, 3.63) is 66.1 Å². The van der Waals surface area contributed by atoms with Gasteiger partial charge in [-0.3, -0.25) is 20.3 Å². The quantitative estimate of drug-likeness (QED) is 0.548. The highest BCUT2D eigenvalue weighted by Gasteiger charge is 2.47. The van der Waals surface area contributed by atoms with Crippen LogP contribution in [0.2, 0.25) is 0 Å². The lowest BCUT2D eigenvalue weighted by Gasteiger charge is -2.42. The highest BCUT2D eigenvalue weighted by atomic mass is 16.6.